The lowest BCUT2D eigenvalue weighted by molar-refractivity contribution is -0.137. The highest BCUT2D eigenvalue weighted by Gasteiger charge is 2.04. The number of carbonyl (C=O) groups excluding carboxylic acids is 3. The summed E-state index contributed by atoms with van der Waals surface area (Å²) in [6, 6.07) is 6.46. The summed E-state index contributed by atoms with van der Waals surface area (Å²) in [4.78, 5) is 33.7. The minimum Gasteiger partial charge on any atom is -0.484 e. The summed E-state index contributed by atoms with van der Waals surface area (Å²) in [6.45, 7) is 1.57. The Balaban J connectivity index is 2.26. The normalized spacial score (nSPS) is 10.1. The van der Waals surface area contributed by atoms with E-state index in [1.807, 2.05) is 0 Å². The van der Waals surface area contributed by atoms with E-state index < -0.39 is 17.8 Å². The molecule has 0 aliphatic heterocycles. The molecule has 2 N–H and O–H groups in total. The third-order valence-corrected chi connectivity index (χ3v) is 2.42. The molecular formula is C14H15ClN2O5. The molecule has 118 valence electrons. The van der Waals surface area contributed by atoms with E-state index in [9.17, 15) is 14.4 Å². The van der Waals surface area contributed by atoms with E-state index >= 15 is 0 Å². The van der Waals surface area contributed by atoms with Crippen LogP contribution in [0.2, 0.25) is 5.02 Å². The molecular weight excluding hydrogens is 312 g/mol. The molecule has 0 aliphatic carbocycles. The van der Waals surface area contributed by atoms with Gasteiger partial charge < -0.3 is 9.47 Å². The molecule has 2 amide bonds. The van der Waals surface area contributed by atoms with Crippen LogP contribution >= 0.6 is 11.6 Å². The number of ether oxygens (including phenoxy) is 2. The molecule has 0 aliphatic rings. The van der Waals surface area contributed by atoms with Crippen LogP contribution < -0.4 is 15.6 Å². The van der Waals surface area contributed by atoms with Gasteiger partial charge in [-0.25, -0.2) is 4.79 Å². The van der Waals surface area contributed by atoms with Gasteiger partial charge in [-0.15, -0.1) is 0 Å². The maximum atomic E-state index is 11.4. The average molecular weight is 327 g/mol. The molecule has 22 heavy (non-hydrogen) atoms. The summed E-state index contributed by atoms with van der Waals surface area (Å²) in [5.41, 5.74) is 4.22. The van der Waals surface area contributed by atoms with Gasteiger partial charge in [0.15, 0.2) is 6.61 Å². The second kappa shape index (κ2) is 9.41. The van der Waals surface area contributed by atoms with Crippen LogP contribution in [0, 0.1) is 0 Å². The minimum absolute atomic E-state index is 0.212. The van der Waals surface area contributed by atoms with Gasteiger partial charge in [0, 0.05) is 17.2 Å². The van der Waals surface area contributed by atoms with Crippen molar-refractivity contribution in [2.45, 2.75) is 6.92 Å². The highest BCUT2D eigenvalue weighted by Crippen LogP contribution is 2.15. The van der Waals surface area contributed by atoms with Crippen molar-refractivity contribution in [1.29, 1.82) is 0 Å². The van der Waals surface area contributed by atoms with Crippen LogP contribution in [0.3, 0.4) is 0 Å². The maximum Gasteiger partial charge on any atom is 0.330 e. The van der Waals surface area contributed by atoms with Crippen molar-refractivity contribution < 1.29 is 23.9 Å². The quantitative estimate of drug-likeness (QED) is 0.462. The Morgan fingerprint density at radius 1 is 1.14 bits per heavy atom. The molecule has 0 unspecified atom stereocenters. The van der Waals surface area contributed by atoms with E-state index in [4.69, 9.17) is 16.3 Å². The molecule has 0 saturated carbocycles. The van der Waals surface area contributed by atoms with Gasteiger partial charge >= 0.3 is 5.97 Å². The number of benzene rings is 1. The van der Waals surface area contributed by atoms with Crippen molar-refractivity contribution >= 4 is 29.4 Å². The second-order valence-corrected chi connectivity index (χ2v) is 4.30. The first-order chi connectivity index (χ1) is 10.5. The summed E-state index contributed by atoms with van der Waals surface area (Å²) in [7, 11) is 0. The van der Waals surface area contributed by atoms with Crippen molar-refractivity contribution in [3.8, 4) is 5.75 Å². The molecule has 0 bridgehead atoms. The molecule has 1 rings (SSSR count). The molecule has 0 fully saturated rings. The van der Waals surface area contributed by atoms with Gasteiger partial charge in [0.05, 0.1) is 6.61 Å². The van der Waals surface area contributed by atoms with Gasteiger partial charge in [-0.1, -0.05) is 11.6 Å². The van der Waals surface area contributed by atoms with Crippen LogP contribution in [-0.4, -0.2) is 31.0 Å². The van der Waals surface area contributed by atoms with Gasteiger partial charge in [-0.05, 0) is 31.2 Å². The summed E-state index contributed by atoms with van der Waals surface area (Å²) in [6.07, 6.45) is 1.90. The lowest BCUT2D eigenvalue weighted by Gasteiger charge is -2.07. The van der Waals surface area contributed by atoms with Crippen LogP contribution in [0.15, 0.2) is 36.4 Å². The molecule has 0 radical (unpaired) electrons. The number of rotatable bonds is 6. The fraction of sp³-hybridized carbons (Fsp3) is 0.214. The number of esters is 1. The number of nitrogens with one attached hydrogen (secondary N) is 2. The van der Waals surface area contributed by atoms with Crippen molar-refractivity contribution in [1.82, 2.24) is 10.9 Å². The number of carbonyl (C=O) groups is 3. The molecule has 1 aromatic rings. The molecule has 7 nitrogen and oxygen atoms in total. The Labute approximate surface area is 132 Å². The highest BCUT2D eigenvalue weighted by atomic mass is 35.5. The van der Waals surface area contributed by atoms with E-state index in [-0.39, 0.29) is 13.2 Å². The van der Waals surface area contributed by atoms with Gasteiger partial charge in [-0.2, -0.15) is 0 Å². The summed E-state index contributed by atoms with van der Waals surface area (Å²) >= 11 is 5.71. The molecule has 0 aromatic heterocycles. The zero-order chi connectivity index (χ0) is 16.4. The Kier molecular flexibility index (Phi) is 7.49. The first kappa shape index (κ1) is 17.5. The standard InChI is InChI=1S/C14H15ClN2O5/c1-2-21-14(20)8-7-12(18)16-17-13(19)9-22-11-5-3-10(15)4-6-11/h3-8H,2,9H2,1H3,(H,16,18)(H,17,19)/b8-7+. The zero-order valence-electron chi connectivity index (χ0n) is 11.8. The van der Waals surface area contributed by atoms with Crippen LogP contribution in [0.4, 0.5) is 0 Å². The van der Waals surface area contributed by atoms with Crippen LogP contribution in [0.1, 0.15) is 6.92 Å². The van der Waals surface area contributed by atoms with Crippen molar-refractivity contribution in [3.05, 3.63) is 41.4 Å². The maximum absolute atomic E-state index is 11.4. The van der Waals surface area contributed by atoms with E-state index in [1.165, 1.54) is 0 Å². The predicted octanol–water partition coefficient (Wildman–Crippen LogP) is 0.986. The van der Waals surface area contributed by atoms with Gasteiger partial charge in [0.25, 0.3) is 11.8 Å². The fourth-order valence-electron chi connectivity index (χ4n) is 1.22. The zero-order valence-corrected chi connectivity index (χ0v) is 12.6. The molecule has 0 heterocycles. The lowest BCUT2D eigenvalue weighted by atomic mass is 10.3. The van der Waals surface area contributed by atoms with Gasteiger partial charge in [0.1, 0.15) is 5.75 Å². The third-order valence-electron chi connectivity index (χ3n) is 2.17. The Hall–Kier alpha value is -2.54. The third kappa shape index (κ3) is 7.30. The number of halogens is 1. The van der Waals surface area contributed by atoms with Crippen molar-refractivity contribution in [2.24, 2.45) is 0 Å². The molecule has 0 spiro atoms. The molecule has 8 heteroatoms. The van der Waals surface area contributed by atoms with E-state index in [2.05, 4.69) is 15.6 Å². The first-order valence-electron chi connectivity index (χ1n) is 6.33. The van der Waals surface area contributed by atoms with Crippen molar-refractivity contribution in [3.63, 3.8) is 0 Å². The van der Waals surface area contributed by atoms with E-state index in [0.29, 0.717) is 10.8 Å². The smallest absolute Gasteiger partial charge is 0.330 e. The largest absolute Gasteiger partial charge is 0.484 e. The Morgan fingerprint density at radius 3 is 2.45 bits per heavy atom. The van der Waals surface area contributed by atoms with Crippen LogP contribution in [-0.2, 0) is 19.1 Å². The number of hydrazine groups is 1. The number of amides is 2. The average Bonchev–Trinajstić information content (AvgIpc) is 2.50. The Bertz CT molecular complexity index is 557. The summed E-state index contributed by atoms with van der Waals surface area (Å²) in [5.74, 6) is -1.41. The SMILES string of the molecule is CCOC(=O)/C=C/C(=O)NNC(=O)COc1ccc(Cl)cc1. The van der Waals surface area contributed by atoms with Crippen LogP contribution in [0.5, 0.6) is 5.75 Å². The fourth-order valence-corrected chi connectivity index (χ4v) is 1.35. The van der Waals surface area contributed by atoms with Gasteiger partial charge in [0.2, 0.25) is 0 Å². The lowest BCUT2D eigenvalue weighted by Crippen LogP contribution is -2.43. The second-order valence-electron chi connectivity index (χ2n) is 3.87. The molecule has 1 aromatic carbocycles. The predicted molar refractivity (Wildman–Crippen MR) is 79.0 cm³/mol. The topological polar surface area (TPSA) is 93.7 Å². The van der Waals surface area contributed by atoms with Crippen LogP contribution in [0.25, 0.3) is 0 Å². The van der Waals surface area contributed by atoms with Crippen molar-refractivity contribution in [2.75, 3.05) is 13.2 Å². The van der Waals surface area contributed by atoms with E-state index in [0.717, 1.165) is 12.2 Å². The number of hydrogen-bond donors (Lipinski definition) is 2. The first-order valence-corrected chi connectivity index (χ1v) is 6.71. The molecule has 0 saturated heterocycles. The monoisotopic (exact) mass is 326 g/mol. The Morgan fingerprint density at radius 2 is 1.82 bits per heavy atom. The number of hydrogen-bond acceptors (Lipinski definition) is 5. The summed E-state index contributed by atoms with van der Waals surface area (Å²) < 4.78 is 9.76. The van der Waals surface area contributed by atoms with Gasteiger partial charge in [-0.3, -0.25) is 20.4 Å². The molecule has 0 atom stereocenters. The summed E-state index contributed by atoms with van der Waals surface area (Å²) in [5, 5.41) is 0.553. The highest BCUT2D eigenvalue weighted by molar-refractivity contribution is 6.30. The van der Waals surface area contributed by atoms with E-state index in [1.54, 1.807) is 31.2 Å². The minimum atomic E-state index is -0.673.